The molecule has 1 aromatic heterocycles. The summed E-state index contributed by atoms with van der Waals surface area (Å²) in [6, 6.07) is 11.7. The highest BCUT2D eigenvalue weighted by Crippen LogP contribution is 2.47. The van der Waals surface area contributed by atoms with Crippen molar-refractivity contribution < 1.29 is 28.6 Å². The van der Waals surface area contributed by atoms with E-state index in [1.54, 1.807) is 12.0 Å². The first-order valence-electron chi connectivity index (χ1n) is 16.5. The van der Waals surface area contributed by atoms with E-state index in [0.29, 0.717) is 35.1 Å². The first kappa shape index (κ1) is 32.4. The molecule has 2 aromatic carbocycles. The van der Waals surface area contributed by atoms with Crippen molar-refractivity contribution in [3.63, 3.8) is 0 Å². The van der Waals surface area contributed by atoms with Gasteiger partial charge in [0.2, 0.25) is 0 Å². The monoisotopic (exact) mass is 636 g/mol. The molecule has 1 saturated carbocycles. The van der Waals surface area contributed by atoms with Gasteiger partial charge in [-0.15, -0.1) is 0 Å². The average molecular weight is 637 g/mol. The van der Waals surface area contributed by atoms with Crippen LogP contribution in [0.5, 0.6) is 5.75 Å². The van der Waals surface area contributed by atoms with Crippen LogP contribution in [-0.4, -0.2) is 59.0 Å². The molecule has 2 fully saturated rings. The number of rotatable bonds is 6. The van der Waals surface area contributed by atoms with E-state index >= 15 is 0 Å². The number of benzene rings is 2. The molecule has 3 aromatic rings. The Morgan fingerprint density at radius 2 is 1.74 bits per heavy atom. The summed E-state index contributed by atoms with van der Waals surface area (Å²) >= 11 is 0. The molecule has 0 spiro atoms. The number of carbonyl (C=O) groups is 3. The molecule has 8 heteroatoms. The van der Waals surface area contributed by atoms with E-state index < -0.39 is 23.3 Å². The summed E-state index contributed by atoms with van der Waals surface area (Å²) in [5.41, 5.74) is 5.03. The zero-order valence-electron chi connectivity index (χ0n) is 28.1. The second-order valence-corrected chi connectivity index (χ2v) is 14.0. The maximum absolute atomic E-state index is 14.3. The molecule has 1 aliphatic carbocycles. The van der Waals surface area contributed by atoms with Gasteiger partial charge < -0.3 is 23.7 Å². The molecule has 3 heterocycles. The van der Waals surface area contributed by atoms with Crippen LogP contribution in [0.2, 0.25) is 0 Å². The van der Waals surface area contributed by atoms with Crippen LogP contribution in [0.1, 0.15) is 87.2 Å². The Morgan fingerprint density at radius 3 is 2.43 bits per heavy atom. The standard InChI is InChI=1S/C39H44N2O6/c1-23-20-40(21-24(2)46-23)37(43)25(3)36(42)29-17-28-18-30(45-7)14-16-31(28)35-34(26-11-9-8-10-12-26)32-15-13-27(19-33(32)41(35)22-29)38(44)47-39(4,5)6/h13-19,24,26H,1,3,8-12,20-22H2,2,4-7H3/t24-/m1/s1. The highest BCUT2D eigenvalue weighted by molar-refractivity contribution is 6.26. The van der Waals surface area contributed by atoms with E-state index in [1.807, 2.05) is 70.2 Å². The van der Waals surface area contributed by atoms with Crippen LogP contribution in [-0.2, 0) is 25.6 Å². The van der Waals surface area contributed by atoms with Crippen molar-refractivity contribution in [2.45, 2.75) is 84.0 Å². The molecular formula is C39H44N2O6. The predicted molar refractivity (Wildman–Crippen MR) is 183 cm³/mol. The Hall–Kier alpha value is -4.59. The Bertz CT molecular complexity index is 1830. The molecule has 2 aliphatic heterocycles. The van der Waals surface area contributed by atoms with Gasteiger partial charge in [-0.3, -0.25) is 9.59 Å². The number of ether oxygens (including phenoxy) is 3. The summed E-state index contributed by atoms with van der Waals surface area (Å²) in [6.07, 6.45) is 7.29. The zero-order valence-corrected chi connectivity index (χ0v) is 28.1. The van der Waals surface area contributed by atoms with Crippen LogP contribution in [0.25, 0.3) is 28.2 Å². The molecule has 246 valence electrons. The fraction of sp³-hybridized carbons (Fsp3) is 0.410. The average Bonchev–Trinajstić information content (AvgIpc) is 3.25. The number of nitrogens with zero attached hydrogens (tertiary/aromatic N) is 2. The summed E-state index contributed by atoms with van der Waals surface area (Å²) in [5.74, 6) is 0.209. The number of aromatic nitrogens is 1. The molecule has 1 atom stereocenters. The van der Waals surface area contributed by atoms with Gasteiger partial charge >= 0.3 is 5.97 Å². The molecule has 0 N–H and O–H groups in total. The van der Waals surface area contributed by atoms with Gasteiger partial charge in [0, 0.05) is 22.0 Å². The van der Waals surface area contributed by atoms with Crippen molar-refractivity contribution in [3.05, 3.63) is 83.2 Å². The molecule has 0 bridgehead atoms. The molecule has 8 nitrogen and oxygen atoms in total. The van der Waals surface area contributed by atoms with E-state index in [9.17, 15) is 14.4 Å². The SMILES string of the molecule is C=C1CN(C(=O)C(=C)C(=O)C2=Cc3cc(OC)ccc3-c3c(C4CCCCC4)c4ccc(C(=O)OC(C)(C)C)cc4n3C2)C[C@@H](C)O1. The number of esters is 1. The third kappa shape index (κ3) is 6.38. The second kappa shape index (κ2) is 12.5. The van der Waals surface area contributed by atoms with E-state index in [4.69, 9.17) is 14.2 Å². The van der Waals surface area contributed by atoms with Gasteiger partial charge in [0.15, 0.2) is 5.78 Å². The van der Waals surface area contributed by atoms with E-state index in [2.05, 4.69) is 17.7 Å². The van der Waals surface area contributed by atoms with E-state index in [1.165, 1.54) is 12.0 Å². The lowest BCUT2D eigenvalue weighted by Crippen LogP contribution is -2.44. The topological polar surface area (TPSA) is 87.1 Å². The Labute approximate surface area is 276 Å². The van der Waals surface area contributed by atoms with Crippen LogP contribution < -0.4 is 4.74 Å². The second-order valence-electron chi connectivity index (χ2n) is 14.0. The molecular weight excluding hydrogens is 592 g/mol. The Kier molecular flexibility index (Phi) is 8.64. The quantitative estimate of drug-likeness (QED) is 0.120. The van der Waals surface area contributed by atoms with Crippen LogP contribution in [0.4, 0.5) is 0 Å². The summed E-state index contributed by atoms with van der Waals surface area (Å²) < 4.78 is 19.1. The van der Waals surface area contributed by atoms with E-state index in [0.717, 1.165) is 53.4 Å². The number of carbonyl (C=O) groups excluding carboxylic acids is 3. The van der Waals surface area contributed by atoms with Gasteiger partial charge in [-0.2, -0.15) is 0 Å². The minimum atomic E-state index is -0.646. The van der Waals surface area contributed by atoms with Gasteiger partial charge in [-0.05, 0) is 94.0 Å². The minimum absolute atomic E-state index is 0.107. The smallest absolute Gasteiger partial charge is 0.338 e. The molecule has 3 aliphatic rings. The number of ketones is 1. The van der Waals surface area contributed by atoms with Crippen molar-refractivity contribution in [2.24, 2.45) is 0 Å². The lowest BCUT2D eigenvalue weighted by atomic mass is 9.81. The molecule has 47 heavy (non-hydrogen) atoms. The number of methoxy groups -OCH3 is 1. The third-order valence-corrected chi connectivity index (χ3v) is 9.25. The van der Waals surface area contributed by atoms with Crippen molar-refractivity contribution in [1.29, 1.82) is 0 Å². The maximum atomic E-state index is 14.3. The molecule has 1 amide bonds. The third-order valence-electron chi connectivity index (χ3n) is 9.25. The van der Waals surface area contributed by atoms with Crippen molar-refractivity contribution in [3.8, 4) is 17.0 Å². The first-order valence-corrected chi connectivity index (χ1v) is 16.5. The molecule has 0 unspecified atom stereocenters. The molecule has 6 rings (SSSR count). The summed E-state index contributed by atoms with van der Waals surface area (Å²) in [5, 5.41) is 1.06. The Morgan fingerprint density at radius 1 is 1.00 bits per heavy atom. The fourth-order valence-corrected chi connectivity index (χ4v) is 7.23. The van der Waals surface area contributed by atoms with Crippen LogP contribution >= 0.6 is 0 Å². The fourth-order valence-electron chi connectivity index (χ4n) is 7.23. The zero-order chi connectivity index (χ0) is 33.6. The first-order chi connectivity index (χ1) is 22.3. The summed E-state index contributed by atoms with van der Waals surface area (Å²) in [7, 11) is 1.62. The van der Waals surface area contributed by atoms with Crippen LogP contribution in [0.15, 0.2) is 66.5 Å². The number of morpholine rings is 1. The van der Waals surface area contributed by atoms with Gasteiger partial charge in [-0.25, -0.2) is 4.79 Å². The lowest BCUT2D eigenvalue weighted by Gasteiger charge is -2.33. The highest BCUT2D eigenvalue weighted by Gasteiger charge is 2.34. The number of amides is 1. The number of hydrogen-bond donors (Lipinski definition) is 0. The molecule has 1 saturated heterocycles. The van der Waals surface area contributed by atoms with Crippen molar-refractivity contribution in [2.75, 3.05) is 20.2 Å². The highest BCUT2D eigenvalue weighted by atomic mass is 16.6. The maximum Gasteiger partial charge on any atom is 0.338 e. The largest absolute Gasteiger partial charge is 0.497 e. The Balaban J connectivity index is 1.51. The number of Topliss-reactive ketones (excluding diaryl/α,β-unsaturated/α-hetero) is 1. The van der Waals surface area contributed by atoms with Gasteiger partial charge in [0.1, 0.15) is 23.2 Å². The summed E-state index contributed by atoms with van der Waals surface area (Å²) in [4.78, 5) is 42.7. The van der Waals surface area contributed by atoms with Gasteiger partial charge in [-0.1, -0.05) is 38.5 Å². The van der Waals surface area contributed by atoms with Crippen molar-refractivity contribution >= 4 is 34.6 Å². The van der Waals surface area contributed by atoms with Gasteiger partial charge in [0.25, 0.3) is 5.91 Å². The predicted octanol–water partition coefficient (Wildman–Crippen LogP) is 7.60. The number of hydrogen-bond acceptors (Lipinski definition) is 6. The van der Waals surface area contributed by atoms with Crippen molar-refractivity contribution in [1.82, 2.24) is 9.47 Å². The normalized spacial score (nSPS) is 18.4. The van der Waals surface area contributed by atoms with Crippen LogP contribution in [0, 0.1) is 0 Å². The number of allylic oxidation sites excluding steroid dienone is 1. The van der Waals surface area contributed by atoms with Gasteiger partial charge in [0.05, 0.1) is 43.6 Å². The number of fused-ring (bicyclic) bond motifs is 5. The molecule has 0 radical (unpaired) electrons. The summed E-state index contributed by atoms with van der Waals surface area (Å²) in [6.45, 7) is 16.0. The van der Waals surface area contributed by atoms with E-state index in [-0.39, 0.29) is 24.8 Å². The minimum Gasteiger partial charge on any atom is -0.497 e. The van der Waals surface area contributed by atoms with Crippen LogP contribution in [0.3, 0.4) is 0 Å². The lowest BCUT2D eigenvalue weighted by molar-refractivity contribution is -0.132.